The molecule has 0 radical (unpaired) electrons. The van der Waals surface area contributed by atoms with Gasteiger partial charge in [0.2, 0.25) is 10.0 Å². The number of carbonyl (C=O) groups excluding carboxylic acids is 1. The van der Waals surface area contributed by atoms with E-state index in [4.69, 9.17) is 5.26 Å². The lowest BCUT2D eigenvalue weighted by Gasteiger charge is -2.07. The molecule has 1 rings (SSSR count). The second-order valence-corrected chi connectivity index (χ2v) is 5.27. The molecule has 0 spiro atoms. The average Bonchev–Trinajstić information content (AvgIpc) is 2.28. The van der Waals surface area contributed by atoms with Crippen LogP contribution < -0.4 is 4.72 Å². The lowest BCUT2D eigenvalue weighted by molar-refractivity contribution is 0.101. The Bertz CT molecular complexity index is 555. The molecule has 0 saturated heterocycles. The Morgan fingerprint density at radius 2 is 1.88 bits per heavy atom. The van der Waals surface area contributed by atoms with Crippen LogP contribution >= 0.6 is 0 Å². The van der Waals surface area contributed by atoms with Gasteiger partial charge in [0.25, 0.3) is 0 Å². The van der Waals surface area contributed by atoms with Gasteiger partial charge in [-0.3, -0.25) is 4.79 Å². The molecule has 1 aromatic rings. The molecule has 1 atom stereocenters. The van der Waals surface area contributed by atoms with Crippen molar-refractivity contribution in [3.63, 3.8) is 0 Å². The van der Waals surface area contributed by atoms with Gasteiger partial charge in [-0.05, 0) is 26.0 Å². The Hall–Kier alpha value is -1.71. The van der Waals surface area contributed by atoms with E-state index < -0.39 is 16.1 Å². The summed E-state index contributed by atoms with van der Waals surface area (Å²) < 4.78 is 25.7. The van der Waals surface area contributed by atoms with Crippen LogP contribution in [0.1, 0.15) is 24.2 Å². The summed E-state index contributed by atoms with van der Waals surface area (Å²) in [5.74, 6) is -0.132. The highest BCUT2D eigenvalue weighted by Crippen LogP contribution is 2.11. The van der Waals surface area contributed by atoms with Crippen molar-refractivity contribution in [1.82, 2.24) is 4.72 Å². The van der Waals surface area contributed by atoms with Crippen LogP contribution in [0.25, 0.3) is 0 Å². The summed E-state index contributed by atoms with van der Waals surface area (Å²) in [4.78, 5) is 11.1. The minimum absolute atomic E-state index is 0.0320. The van der Waals surface area contributed by atoms with E-state index in [2.05, 4.69) is 4.72 Å². The summed E-state index contributed by atoms with van der Waals surface area (Å²) in [5, 5.41) is 8.54. The van der Waals surface area contributed by atoms with Crippen LogP contribution in [0, 0.1) is 11.3 Å². The van der Waals surface area contributed by atoms with E-state index in [9.17, 15) is 13.2 Å². The van der Waals surface area contributed by atoms with Crippen molar-refractivity contribution in [3.05, 3.63) is 29.8 Å². The smallest absolute Gasteiger partial charge is 0.241 e. The van der Waals surface area contributed by atoms with Crippen molar-refractivity contribution in [3.8, 4) is 6.07 Å². The van der Waals surface area contributed by atoms with Gasteiger partial charge in [0.1, 0.15) is 6.04 Å². The average molecular weight is 252 g/mol. The van der Waals surface area contributed by atoms with E-state index >= 15 is 0 Å². The maximum atomic E-state index is 11.7. The normalized spacial score (nSPS) is 12.8. The van der Waals surface area contributed by atoms with Gasteiger partial charge < -0.3 is 0 Å². The highest BCUT2D eigenvalue weighted by atomic mass is 32.2. The first-order valence-corrected chi connectivity index (χ1v) is 6.38. The molecule has 5 nitrogen and oxygen atoms in total. The third kappa shape index (κ3) is 3.37. The van der Waals surface area contributed by atoms with Crippen LogP contribution in [0.4, 0.5) is 0 Å². The van der Waals surface area contributed by atoms with E-state index in [-0.39, 0.29) is 10.7 Å². The predicted molar refractivity (Wildman–Crippen MR) is 61.8 cm³/mol. The molecule has 1 N–H and O–H groups in total. The standard InChI is InChI=1S/C11H12N2O3S/c1-8(7-12)13-17(15,16)11-5-3-10(4-6-11)9(2)14/h3-6,8,13H,1-2H3. The van der Waals surface area contributed by atoms with E-state index in [0.29, 0.717) is 5.56 Å². The summed E-state index contributed by atoms with van der Waals surface area (Å²) in [6, 6.07) is 6.53. The second kappa shape index (κ2) is 5.08. The fourth-order valence-corrected chi connectivity index (χ4v) is 2.34. The van der Waals surface area contributed by atoms with Gasteiger partial charge in [-0.15, -0.1) is 0 Å². The predicted octanol–water partition coefficient (Wildman–Crippen LogP) is 1.08. The molecule has 0 aliphatic carbocycles. The number of sulfonamides is 1. The molecule has 0 fully saturated rings. The highest BCUT2D eigenvalue weighted by Gasteiger charge is 2.16. The lowest BCUT2D eigenvalue weighted by Crippen LogP contribution is -2.31. The molecule has 6 heteroatoms. The quantitative estimate of drug-likeness (QED) is 0.812. The maximum absolute atomic E-state index is 11.7. The summed E-state index contributed by atoms with van der Waals surface area (Å²) in [6.07, 6.45) is 0. The van der Waals surface area contributed by atoms with Gasteiger partial charge in [0, 0.05) is 5.56 Å². The van der Waals surface area contributed by atoms with Crippen molar-refractivity contribution in [2.24, 2.45) is 0 Å². The van der Waals surface area contributed by atoms with Crippen molar-refractivity contribution >= 4 is 15.8 Å². The van der Waals surface area contributed by atoms with E-state index in [1.807, 2.05) is 0 Å². The maximum Gasteiger partial charge on any atom is 0.241 e. The molecular weight excluding hydrogens is 240 g/mol. The number of Topliss-reactive ketones (excluding diaryl/α,β-unsaturated/α-hetero) is 1. The Kier molecular flexibility index (Phi) is 3.99. The number of nitrogens with zero attached hydrogens (tertiary/aromatic N) is 1. The minimum Gasteiger partial charge on any atom is -0.295 e. The fraction of sp³-hybridized carbons (Fsp3) is 0.273. The zero-order chi connectivity index (χ0) is 13.1. The number of hydrogen-bond acceptors (Lipinski definition) is 4. The molecule has 0 saturated carbocycles. The number of hydrogen-bond donors (Lipinski definition) is 1. The van der Waals surface area contributed by atoms with Gasteiger partial charge in [0.05, 0.1) is 11.0 Å². The first-order valence-electron chi connectivity index (χ1n) is 4.90. The number of benzene rings is 1. The molecule has 0 aliphatic heterocycles. The molecule has 1 unspecified atom stereocenters. The number of carbonyl (C=O) groups is 1. The molecule has 0 amide bonds. The fourth-order valence-electron chi connectivity index (χ4n) is 1.20. The highest BCUT2D eigenvalue weighted by molar-refractivity contribution is 7.89. The van der Waals surface area contributed by atoms with Gasteiger partial charge in [-0.2, -0.15) is 9.98 Å². The Balaban J connectivity index is 3.01. The molecule has 1 aromatic carbocycles. The van der Waals surface area contributed by atoms with E-state index in [1.165, 1.54) is 38.1 Å². The SMILES string of the molecule is CC(=O)c1ccc(S(=O)(=O)NC(C)C#N)cc1. The van der Waals surface area contributed by atoms with Crippen molar-refractivity contribution in [2.75, 3.05) is 0 Å². The molecule has 90 valence electrons. The number of nitrogens with one attached hydrogen (secondary N) is 1. The minimum atomic E-state index is -3.70. The third-order valence-corrected chi connectivity index (χ3v) is 3.65. The Morgan fingerprint density at radius 3 is 2.29 bits per heavy atom. The van der Waals surface area contributed by atoms with Crippen molar-refractivity contribution in [2.45, 2.75) is 24.8 Å². The molecular formula is C11H12N2O3S. The second-order valence-electron chi connectivity index (χ2n) is 3.55. The number of nitriles is 1. The summed E-state index contributed by atoms with van der Waals surface area (Å²) in [6.45, 7) is 2.85. The van der Waals surface area contributed by atoms with E-state index in [0.717, 1.165) is 0 Å². The van der Waals surface area contributed by atoms with Gasteiger partial charge >= 0.3 is 0 Å². The summed E-state index contributed by atoms with van der Waals surface area (Å²) in [7, 11) is -3.70. The third-order valence-electron chi connectivity index (χ3n) is 2.10. The topological polar surface area (TPSA) is 87.0 Å². The zero-order valence-electron chi connectivity index (χ0n) is 9.47. The Morgan fingerprint density at radius 1 is 1.35 bits per heavy atom. The van der Waals surface area contributed by atoms with Crippen molar-refractivity contribution < 1.29 is 13.2 Å². The number of rotatable bonds is 4. The summed E-state index contributed by atoms with van der Waals surface area (Å²) in [5.41, 5.74) is 0.442. The largest absolute Gasteiger partial charge is 0.295 e. The van der Waals surface area contributed by atoms with Crippen LogP contribution in [-0.2, 0) is 10.0 Å². The van der Waals surface area contributed by atoms with Gasteiger partial charge in [-0.25, -0.2) is 8.42 Å². The van der Waals surface area contributed by atoms with Crippen molar-refractivity contribution in [1.29, 1.82) is 5.26 Å². The summed E-state index contributed by atoms with van der Waals surface area (Å²) >= 11 is 0. The van der Waals surface area contributed by atoms with Crippen LogP contribution in [0.5, 0.6) is 0 Å². The van der Waals surface area contributed by atoms with E-state index in [1.54, 1.807) is 6.07 Å². The van der Waals surface area contributed by atoms with Crippen LogP contribution in [0.15, 0.2) is 29.2 Å². The van der Waals surface area contributed by atoms with Crippen LogP contribution in [0.2, 0.25) is 0 Å². The first-order chi connectivity index (χ1) is 7.86. The molecule has 0 aromatic heterocycles. The molecule has 0 aliphatic rings. The first kappa shape index (κ1) is 13.4. The molecule has 0 bridgehead atoms. The van der Waals surface area contributed by atoms with Gasteiger partial charge in [0.15, 0.2) is 5.78 Å². The molecule has 0 heterocycles. The van der Waals surface area contributed by atoms with Crippen LogP contribution in [-0.4, -0.2) is 20.2 Å². The monoisotopic (exact) mass is 252 g/mol. The lowest BCUT2D eigenvalue weighted by atomic mass is 10.2. The van der Waals surface area contributed by atoms with Crippen LogP contribution in [0.3, 0.4) is 0 Å². The zero-order valence-corrected chi connectivity index (χ0v) is 10.3. The number of ketones is 1. The van der Waals surface area contributed by atoms with Gasteiger partial charge in [-0.1, -0.05) is 12.1 Å². The molecule has 17 heavy (non-hydrogen) atoms. The Labute approximate surface area is 100 Å².